The number of rotatable bonds is 4. The van der Waals surface area contributed by atoms with Gasteiger partial charge in [0, 0.05) is 32.0 Å². The number of hydrogen-bond donors (Lipinski definition) is 2. The molecule has 0 amide bonds. The van der Waals surface area contributed by atoms with Gasteiger partial charge >= 0.3 is 0 Å². The van der Waals surface area contributed by atoms with Crippen LogP contribution < -0.4 is 16.2 Å². The van der Waals surface area contributed by atoms with E-state index in [0.29, 0.717) is 23.3 Å². The average molecular weight is 351 g/mol. The summed E-state index contributed by atoms with van der Waals surface area (Å²) in [4.78, 5) is 21.8. The van der Waals surface area contributed by atoms with Gasteiger partial charge < -0.3 is 19.9 Å². The first-order valence-corrected chi connectivity index (χ1v) is 8.64. The number of ether oxygens (including phenoxy) is 1. The van der Waals surface area contributed by atoms with Gasteiger partial charge in [-0.25, -0.2) is 9.97 Å². The zero-order chi connectivity index (χ0) is 18.1. The number of aryl methyl sites for hydroxylation is 1. The number of nitrogens with one attached hydrogen (secondary N) is 2. The molecule has 7 heteroatoms. The van der Waals surface area contributed by atoms with Crippen molar-refractivity contribution in [1.29, 1.82) is 0 Å². The van der Waals surface area contributed by atoms with Crippen molar-refractivity contribution in [2.75, 3.05) is 30.9 Å². The highest BCUT2D eigenvalue weighted by Gasteiger charge is 2.19. The Kier molecular flexibility index (Phi) is 4.30. The largest absolute Gasteiger partial charge is 0.388 e. The lowest BCUT2D eigenvalue weighted by molar-refractivity contribution is 0.195. The van der Waals surface area contributed by atoms with Crippen molar-refractivity contribution < 1.29 is 4.74 Å². The maximum atomic E-state index is 12.7. The van der Waals surface area contributed by atoms with Crippen LogP contribution in [0.4, 0.5) is 11.5 Å². The standard InChI is InChI=1S/C19H21N5O2/c1-20-13-5-3-12(4-6-13)15-9-16-17(19(25)24(2)11-21-16)18(23-15)22-14-7-8-26-10-14/h3-6,9,11,14,20H,7-8,10H2,1-2H3,(H,22,23)/t14-/m1/s1. The Bertz CT molecular complexity index is 991. The van der Waals surface area contributed by atoms with Gasteiger partial charge in [0.15, 0.2) is 0 Å². The molecular weight excluding hydrogens is 330 g/mol. The maximum Gasteiger partial charge on any atom is 0.264 e. The van der Waals surface area contributed by atoms with Crippen LogP contribution in [-0.4, -0.2) is 40.8 Å². The van der Waals surface area contributed by atoms with E-state index in [-0.39, 0.29) is 11.6 Å². The van der Waals surface area contributed by atoms with E-state index >= 15 is 0 Å². The molecule has 3 aromatic rings. The number of aromatic nitrogens is 3. The highest BCUT2D eigenvalue weighted by Crippen LogP contribution is 2.27. The van der Waals surface area contributed by atoms with Crippen molar-refractivity contribution in [3.05, 3.63) is 47.0 Å². The predicted octanol–water partition coefficient (Wildman–Crippen LogP) is 2.24. The Hall–Kier alpha value is -2.93. The van der Waals surface area contributed by atoms with E-state index in [1.54, 1.807) is 13.4 Å². The molecule has 1 aromatic carbocycles. The van der Waals surface area contributed by atoms with E-state index in [1.165, 1.54) is 4.57 Å². The highest BCUT2D eigenvalue weighted by atomic mass is 16.5. The van der Waals surface area contributed by atoms with Crippen LogP contribution in [0.5, 0.6) is 0 Å². The second kappa shape index (κ2) is 6.76. The topological polar surface area (TPSA) is 81.1 Å². The van der Waals surface area contributed by atoms with Gasteiger partial charge in [0.2, 0.25) is 0 Å². The molecule has 3 heterocycles. The Balaban J connectivity index is 1.86. The van der Waals surface area contributed by atoms with Crippen LogP contribution in [-0.2, 0) is 11.8 Å². The summed E-state index contributed by atoms with van der Waals surface area (Å²) in [6.45, 7) is 1.34. The summed E-state index contributed by atoms with van der Waals surface area (Å²) in [5, 5.41) is 7.00. The summed E-state index contributed by atoms with van der Waals surface area (Å²) in [6.07, 6.45) is 2.44. The molecule has 134 valence electrons. The molecule has 0 bridgehead atoms. The highest BCUT2D eigenvalue weighted by molar-refractivity contribution is 5.91. The van der Waals surface area contributed by atoms with Gasteiger partial charge in [-0.15, -0.1) is 0 Å². The molecule has 2 aromatic heterocycles. The molecule has 0 saturated carbocycles. The minimum absolute atomic E-state index is 0.110. The van der Waals surface area contributed by atoms with Crippen LogP contribution in [0, 0.1) is 0 Å². The Labute approximate surface area is 151 Å². The van der Waals surface area contributed by atoms with E-state index in [9.17, 15) is 4.79 Å². The molecule has 1 saturated heterocycles. The van der Waals surface area contributed by atoms with Gasteiger partial charge in [0.1, 0.15) is 11.2 Å². The average Bonchev–Trinajstić information content (AvgIpc) is 3.17. The van der Waals surface area contributed by atoms with Gasteiger partial charge in [-0.3, -0.25) is 4.79 Å². The predicted molar refractivity (Wildman–Crippen MR) is 103 cm³/mol. The monoisotopic (exact) mass is 351 g/mol. The molecular formula is C19H21N5O2. The normalized spacial score (nSPS) is 16.8. The first-order valence-electron chi connectivity index (χ1n) is 8.64. The number of benzene rings is 1. The van der Waals surface area contributed by atoms with Crippen molar-refractivity contribution in [1.82, 2.24) is 14.5 Å². The van der Waals surface area contributed by atoms with E-state index in [0.717, 1.165) is 30.0 Å². The summed E-state index contributed by atoms with van der Waals surface area (Å²) >= 11 is 0. The number of pyridine rings is 1. The van der Waals surface area contributed by atoms with Crippen LogP contribution in [0.2, 0.25) is 0 Å². The van der Waals surface area contributed by atoms with E-state index in [2.05, 4.69) is 15.6 Å². The summed E-state index contributed by atoms with van der Waals surface area (Å²) in [7, 11) is 3.58. The molecule has 1 fully saturated rings. The van der Waals surface area contributed by atoms with Crippen LogP contribution >= 0.6 is 0 Å². The van der Waals surface area contributed by atoms with Gasteiger partial charge in [-0.05, 0) is 24.6 Å². The fraction of sp³-hybridized carbons (Fsp3) is 0.316. The fourth-order valence-electron chi connectivity index (χ4n) is 3.12. The van der Waals surface area contributed by atoms with Crippen molar-refractivity contribution >= 4 is 22.4 Å². The molecule has 4 rings (SSSR count). The quantitative estimate of drug-likeness (QED) is 0.750. The van der Waals surface area contributed by atoms with Crippen molar-refractivity contribution in [2.45, 2.75) is 12.5 Å². The number of nitrogens with zero attached hydrogens (tertiary/aromatic N) is 3. The first-order chi connectivity index (χ1) is 12.7. The summed E-state index contributed by atoms with van der Waals surface area (Å²) in [6, 6.07) is 10.0. The second-order valence-corrected chi connectivity index (χ2v) is 6.44. The lowest BCUT2D eigenvalue weighted by Crippen LogP contribution is -2.24. The van der Waals surface area contributed by atoms with Crippen LogP contribution in [0.3, 0.4) is 0 Å². The van der Waals surface area contributed by atoms with Crippen molar-refractivity contribution in [3.8, 4) is 11.3 Å². The van der Waals surface area contributed by atoms with Crippen LogP contribution in [0.25, 0.3) is 22.2 Å². The third-order valence-corrected chi connectivity index (χ3v) is 4.64. The third-order valence-electron chi connectivity index (χ3n) is 4.64. The third kappa shape index (κ3) is 3.01. The van der Waals surface area contributed by atoms with E-state index in [4.69, 9.17) is 9.72 Å². The smallest absolute Gasteiger partial charge is 0.264 e. The van der Waals surface area contributed by atoms with E-state index in [1.807, 2.05) is 37.4 Å². The minimum Gasteiger partial charge on any atom is -0.388 e. The summed E-state index contributed by atoms with van der Waals surface area (Å²) in [5.74, 6) is 0.569. The molecule has 0 unspecified atom stereocenters. The van der Waals surface area contributed by atoms with Gasteiger partial charge in [-0.2, -0.15) is 0 Å². The van der Waals surface area contributed by atoms with Gasteiger partial charge in [0.05, 0.1) is 30.2 Å². The fourth-order valence-corrected chi connectivity index (χ4v) is 3.12. The first kappa shape index (κ1) is 16.5. The maximum absolute atomic E-state index is 12.7. The van der Waals surface area contributed by atoms with Crippen LogP contribution in [0.15, 0.2) is 41.5 Å². The van der Waals surface area contributed by atoms with E-state index < -0.39 is 0 Å². The lowest BCUT2D eigenvalue weighted by atomic mass is 10.1. The number of hydrogen-bond acceptors (Lipinski definition) is 6. The minimum atomic E-state index is -0.110. The Morgan fingerprint density at radius 3 is 2.77 bits per heavy atom. The van der Waals surface area contributed by atoms with Gasteiger partial charge in [-0.1, -0.05) is 12.1 Å². The Morgan fingerprint density at radius 2 is 2.08 bits per heavy atom. The molecule has 1 atom stereocenters. The Morgan fingerprint density at radius 1 is 1.27 bits per heavy atom. The molecule has 2 N–H and O–H groups in total. The second-order valence-electron chi connectivity index (χ2n) is 6.44. The number of fused-ring (bicyclic) bond motifs is 1. The molecule has 26 heavy (non-hydrogen) atoms. The SMILES string of the molecule is CNc1ccc(-c2cc3ncn(C)c(=O)c3c(N[C@@H]3CCOC3)n2)cc1. The summed E-state index contributed by atoms with van der Waals surface area (Å²) < 4.78 is 6.91. The summed E-state index contributed by atoms with van der Waals surface area (Å²) in [5.41, 5.74) is 3.31. The molecule has 0 aliphatic carbocycles. The zero-order valence-corrected chi connectivity index (χ0v) is 14.8. The number of anilines is 2. The molecule has 7 nitrogen and oxygen atoms in total. The lowest BCUT2D eigenvalue weighted by Gasteiger charge is -2.15. The zero-order valence-electron chi connectivity index (χ0n) is 14.8. The molecule has 0 radical (unpaired) electrons. The van der Waals surface area contributed by atoms with Crippen molar-refractivity contribution in [2.24, 2.45) is 7.05 Å². The van der Waals surface area contributed by atoms with Gasteiger partial charge in [0.25, 0.3) is 5.56 Å². The molecule has 1 aliphatic rings. The molecule has 1 aliphatic heterocycles. The van der Waals surface area contributed by atoms with Crippen molar-refractivity contribution in [3.63, 3.8) is 0 Å². The van der Waals surface area contributed by atoms with Crippen LogP contribution in [0.1, 0.15) is 6.42 Å². The molecule has 0 spiro atoms.